The number of benzene rings is 1. The third kappa shape index (κ3) is 4.41. The van der Waals surface area contributed by atoms with Crippen LogP contribution in [0.5, 0.6) is 0 Å². The van der Waals surface area contributed by atoms with Crippen LogP contribution in [0.4, 0.5) is 0 Å². The van der Waals surface area contributed by atoms with E-state index in [9.17, 15) is 0 Å². The van der Waals surface area contributed by atoms with E-state index < -0.39 is 0 Å². The number of aryl methyl sites for hydroxylation is 1. The van der Waals surface area contributed by atoms with Crippen LogP contribution >= 0.6 is 0 Å². The maximum absolute atomic E-state index is 5.94. The van der Waals surface area contributed by atoms with E-state index in [1.165, 1.54) is 18.7 Å². The van der Waals surface area contributed by atoms with Crippen molar-refractivity contribution in [2.24, 2.45) is 11.8 Å². The summed E-state index contributed by atoms with van der Waals surface area (Å²) in [5, 5.41) is 8.91. The highest BCUT2D eigenvalue weighted by Crippen LogP contribution is 2.42. The van der Waals surface area contributed by atoms with Crippen molar-refractivity contribution in [3.05, 3.63) is 66.0 Å². The molecule has 1 saturated heterocycles. The van der Waals surface area contributed by atoms with Crippen LogP contribution in [0.2, 0.25) is 0 Å². The zero-order valence-electron chi connectivity index (χ0n) is 18.4. The second-order valence-electron chi connectivity index (χ2n) is 9.08. The monoisotopic (exact) mass is 417 g/mol. The second-order valence-corrected chi connectivity index (χ2v) is 9.08. The smallest absolute Gasteiger partial charge is 0.131 e. The van der Waals surface area contributed by atoms with Crippen LogP contribution in [0, 0.1) is 18.8 Å². The zero-order valence-corrected chi connectivity index (χ0v) is 18.4. The van der Waals surface area contributed by atoms with E-state index in [1.54, 1.807) is 0 Å². The van der Waals surface area contributed by atoms with Crippen molar-refractivity contribution in [3.8, 4) is 11.4 Å². The molecule has 0 unspecified atom stereocenters. The van der Waals surface area contributed by atoms with Gasteiger partial charge in [0, 0.05) is 32.4 Å². The molecule has 5 rings (SSSR count). The number of pyridine rings is 1. The molecule has 0 spiro atoms. The molecular formula is C25H31N5O. The predicted molar refractivity (Wildman–Crippen MR) is 121 cm³/mol. The van der Waals surface area contributed by atoms with Gasteiger partial charge >= 0.3 is 0 Å². The minimum absolute atomic E-state index is 0.176. The Morgan fingerprint density at radius 1 is 0.968 bits per heavy atom. The third-order valence-corrected chi connectivity index (χ3v) is 7.02. The van der Waals surface area contributed by atoms with Crippen molar-refractivity contribution in [2.45, 2.75) is 38.3 Å². The lowest BCUT2D eigenvalue weighted by atomic mass is 9.77. The minimum atomic E-state index is 0.176. The molecule has 1 saturated carbocycles. The Balaban J connectivity index is 1.26. The Kier molecular flexibility index (Phi) is 5.83. The first-order valence-electron chi connectivity index (χ1n) is 11.3. The quantitative estimate of drug-likeness (QED) is 0.611. The number of fused-ring (bicyclic) bond motifs is 1. The van der Waals surface area contributed by atoms with Crippen LogP contribution in [-0.2, 0) is 11.2 Å². The van der Waals surface area contributed by atoms with Gasteiger partial charge in [0.2, 0.25) is 0 Å². The van der Waals surface area contributed by atoms with Gasteiger partial charge in [-0.1, -0.05) is 41.6 Å². The number of ether oxygens (including phenoxy) is 1. The Bertz CT molecular complexity index is 1000. The first-order valence-corrected chi connectivity index (χ1v) is 11.3. The van der Waals surface area contributed by atoms with Gasteiger partial charge in [-0.3, -0.25) is 4.98 Å². The van der Waals surface area contributed by atoms with E-state index in [2.05, 4.69) is 50.5 Å². The van der Waals surface area contributed by atoms with Gasteiger partial charge in [0.1, 0.15) is 5.69 Å². The van der Waals surface area contributed by atoms with Gasteiger partial charge in [-0.25, -0.2) is 4.68 Å². The summed E-state index contributed by atoms with van der Waals surface area (Å²) in [6, 6.07) is 17.0. The van der Waals surface area contributed by atoms with Gasteiger partial charge in [0.15, 0.2) is 0 Å². The van der Waals surface area contributed by atoms with E-state index in [0.717, 1.165) is 42.9 Å². The standard InChI is InChI=1S/C25H31N5O/c1-18-7-6-10-22(26-18)23-17-30(28-27-23)24-13-20-15-29(16-21(20)14-25(24)31-2)12-11-19-8-4-3-5-9-19/h3-10,17,20-21,24-25H,11-16H2,1-2H3/t20-,21+,24-,25-/m1/s1. The van der Waals surface area contributed by atoms with Crippen LogP contribution in [0.25, 0.3) is 11.4 Å². The molecule has 1 aliphatic heterocycles. The average molecular weight is 418 g/mol. The zero-order chi connectivity index (χ0) is 21.2. The summed E-state index contributed by atoms with van der Waals surface area (Å²) in [6.07, 6.45) is 5.52. The van der Waals surface area contributed by atoms with E-state index in [1.807, 2.05) is 43.1 Å². The van der Waals surface area contributed by atoms with Crippen LogP contribution in [0.3, 0.4) is 0 Å². The van der Waals surface area contributed by atoms with Crippen molar-refractivity contribution >= 4 is 0 Å². The SMILES string of the molecule is CO[C@@H]1C[C@H]2CN(CCc3ccccc3)C[C@H]2C[C@H]1n1cc(-c2cccc(C)n2)nn1. The molecule has 2 aliphatic rings. The summed E-state index contributed by atoms with van der Waals surface area (Å²) in [4.78, 5) is 7.24. The average Bonchev–Trinajstić information content (AvgIpc) is 3.44. The lowest BCUT2D eigenvalue weighted by molar-refractivity contribution is -0.00545. The van der Waals surface area contributed by atoms with Crippen molar-refractivity contribution in [3.63, 3.8) is 0 Å². The molecule has 4 atom stereocenters. The van der Waals surface area contributed by atoms with Gasteiger partial charge in [-0.15, -0.1) is 5.10 Å². The minimum Gasteiger partial charge on any atom is -0.379 e. The van der Waals surface area contributed by atoms with Gasteiger partial charge < -0.3 is 9.64 Å². The fourth-order valence-electron chi connectivity index (χ4n) is 5.38. The highest BCUT2D eigenvalue weighted by Gasteiger charge is 2.43. The second kappa shape index (κ2) is 8.89. The molecule has 0 N–H and O–H groups in total. The summed E-state index contributed by atoms with van der Waals surface area (Å²) in [6.45, 7) is 5.48. The maximum Gasteiger partial charge on any atom is 0.131 e. The number of hydrogen-bond acceptors (Lipinski definition) is 5. The molecule has 3 aromatic rings. The first kappa shape index (κ1) is 20.3. The molecule has 0 amide bonds. The Hall–Kier alpha value is -2.57. The summed E-state index contributed by atoms with van der Waals surface area (Å²) < 4.78 is 7.97. The fraction of sp³-hybridized carbons (Fsp3) is 0.480. The van der Waals surface area contributed by atoms with Crippen molar-refractivity contribution in [1.82, 2.24) is 24.9 Å². The molecule has 3 heterocycles. The molecule has 0 radical (unpaired) electrons. The molecule has 1 aromatic carbocycles. The molecule has 2 aromatic heterocycles. The third-order valence-electron chi connectivity index (χ3n) is 7.02. The van der Waals surface area contributed by atoms with E-state index in [4.69, 9.17) is 4.74 Å². The van der Waals surface area contributed by atoms with Gasteiger partial charge in [-0.05, 0) is 55.7 Å². The van der Waals surface area contributed by atoms with Crippen molar-refractivity contribution in [2.75, 3.05) is 26.7 Å². The Morgan fingerprint density at radius 3 is 2.55 bits per heavy atom. The molecule has 1 aliphatic carbocycles. The lowest BCUT2D eigenvalue weighted by Crippen LogP contribution is -2.37. The number of hydrogen-bond donors (Lipinski definition) is 0. The van der Waals surface area contributed by atoms with Crippen LogP contribution in [0.15, 0.2) is 54.7 Å². The van der Waals surface area contributed by atoms with Gasteiger partial charge in [0.25, 0.3) is 0 Å². The number of likely N-dealkylation sites (tertiary alicyclic amines) is 1. The van der Waals surface area contributed by atoms with Gasteiger partial charge in [0.05, 0.1) is 24.0 Å². The highest BCUT2D eigenvalue weighted by molar-refractivity contribution is 5.52. The summed E-state index contributed by atoms with van der Waals surface area (Å²) in [5.41, 5.74) is 4.12. The summed E-state index contributed by atoms with van der Waals surface area (Å²) >= 11 is 0. The number of nitrogens with zero attached hydrogens (tertiary/aromatic N) is 5. The first-order chi connectivity index (χ1) is 15.2. The Labute approximate surface area is 184 Å². The van der Waals surface area contributed by atoms with Crippen molar-refractivity contribution in [1.29, 1.82) is 0 Å². The highest BCUT2D eigenvalue weighted by atomic mass is 16.5. The largest absolute Gasteiger partial charge is 0.379 e. The Morgan fingerprint density at radius 2 is 1.77 bits per heavy atom. The molecule has 6 heteroatoms. The van der Waals surface area contributed by atoms with Crippen molar-refractivity contribution < 1.29 is 4.74 Å². The molecule has 162 valence electrons. The van der Waals surface area contributed by atoms with Crippen LogP contribution in [-0.4, -0.2) is 57.7 Å². The maximum atomic E-state index is 5.94. The number of methoxy groups -OCH3 is 1. The molecule has 6 nitrogen and oxygen atoms in total. The normalized spacial score (nSPS) is 26.1. The molecule has 0 bridgehead atoms. The van der Waals surface area contributed by atoms with Crippen LogP contribution < -0.4 is 0 Å². The van der Waals surface area contributed by atoms with E-state index >= 15 is 0 Å². The predicted octanol–water partition coefficient (Wildman–Crippen LogP) is 3.79. The van der Waals surface area contributed by atoms with E-state index in [-0.39, 0.29) is 12.1 Å². The molecule has 2 fully saturated rings. The summed E-state index contributed by atoms with van der Waals surface area (Å²) in [5.74, 6) is 1.40. The topological polar surface area (TPSA) is 56.1 Å². The van der Waals surface area contributed by atoms with Crippen LogP contribution in [0.1, 0.15) is 30.1 Å². The molecule has 31 heavy (non-hydrogen) atoms. The van der Waals surface area contributed by atoms with Gasteiger partial charge in [-0.2, -0.15) is 0 Å². The van der Waals surface area contributed by atoms with E-state index in [0.29, 0.717) is 11.8 Å². The number of aromatic nitrogens is 4. The lowest BCUT2D eigenvalue weighted by Gasteiger charge is -2.37. The number of rotatable bonds is 6. The summed E-state index contributed by atoms with van der Waals surface area (Å²) in [7, 11) is 1.83. The molecular weight excluding hydrogens is 386 g/mol. The fourth-order valence-corrected chi connectivity index (χ4v) is 5.38.